The molecule has 1 aromatic carbocycles. The molecule has 0 aliphatic rings. The molecule has 0 bridgehead atoms. The van der Waals surface area contributed by atoms with E-state index < -0.39 is 0 Å². The smallest absolute Gasteiger partial charge is 0.132 e. The highest BCUT2D eigenvalue weighted by molar-refractivity contribution is 5.81. The predicted octanol–water partition coefficient (Wildman–Crippen LogP) is 3.20. The monoisotopic (exact) mass is 230 g/mol. The molecular weight excluding hydrogens is 212 g/mol. The van der Waals surface area contributed by atoms with Gasteiger partial charge in [-0.2, -0.15) is 0 Å². The van der Waals surface area contributed by atoms with Crippen molar-refractivity contribution in [1.82, 2.24) is 4.98 Å². The molecule has 0 unspecified atom stereocenters. The number of fused-ring (bicyclic) bond motifs is 1. The molecule has 0 radical (unpaired) electrons. The Kier molecular flexibility index (Phi) is 3.94. The number of anilines is 1. The van der Waals surface area contributed by atoms with Crippen molar-refractivity contribution in [3.8, 4) is 0 Å². The van der Waals surface area contributed by atoms with Crippen LogP contribution in [0.25, 0.3) is 10.9 Å². The summed E-state index contributed by atoms with van der Waals surface area (Å²) in [5.41, 5.74) is 2.13. The van der Waals surface area contributed by atoms with Crippen molar-refractivity contribution in [3.05, 3.63) is 35.9 Å². The van der Waals surface area contributed by atoms with Crippen molar-refractivity contribution < 1.29 is 4.74 Å². The number of nitrogens with one attached hydrogen (secondary N) is 1. The van der Waals surface area contributed by atoms with Crippen LogP contribution in [-0.2, 0) is 11.3 Å². The van der Waals surface area contributed by atoms with Gasteiger partial charge in [-0.05, 0) is 18.6 Å². The van der Waals surface area contributed by atoms with Crippen LogP contribution in [0.1, 0.15) is 18.9 Å². The van der Waals surface area contributed by atoms with E-state index in [0.29, 0.717) is 6.61 Å². The Morgan fingerprint density at radius 3 is 2.88 bits per heavy atom. The van der Waals surface area contributed by atoms with Crippen molar-refractivity contribution in [2.24, 2.45) is 0 Å². The topological polar surface area (TPSA) is 34.2 Å². The van der Waals surface area contributed by atoms with E-state index in [1.165, 1.54) is 0 Å². The van der Waals surface area contributed by atoms with Gasteiger partial charge in [0.05, 0.1) is 12.1 Å². The maximum absolute atomic E-state index is 5.22. The quantitative estimate of drug-likeness (QED) is 0.856. The van der Waals surface area contributed by atoms with E-state index in [1.807, 2.05) is 18.2 Å². The van der Waals surface area contributed by atoms with E-state index >= 15 is 0 Å². The maximum atomic E-state index is 5.22. The number of methoxy groups -OCH3 is 1. The van der Waals surface area contributed by atoms with E-state index in [9.17, 15) is 0 Å². The summed E-state index contributed by atoms with van der Waals surface area (Å²) in [5.74, 6) is 0.937. The zero-order chi connectivity index (χ0) is 12.1. The lowest BCUT2D eigenvalue weighted by Gasteiger charge is -2.11. The Hall–Kier alpha value is -1.61. The lowest BCUT2D eigenvalue weighted by Crippen LogP contribution is -2.06. The highest BCUT2D eigenvalue weighted by Crippen LogP contribution is 2.21. The molecule has 3 nitrogen and oxygen atoms in total. The molecule has 1 N–H and O–H groups in total. The summed E-state index contributed by atoms with van der Waals surface area (Å²) < 4.78 is 5.22. The van der Waals surface area contributed by atoms with E-state index in [1.54, 1.807) is 7.11 Å². The van der Waals surface area contributed by atoms with Crippen LogP contribution in [0.15, 0.2) is 30.3 Å². The fourth-order valence-corrected chi connectivity index (χ4v) is 1.82. The number of hydrogen-bond donors (Lipinski definition) is 1. The number of hydrogen-bond acceptors (Lipinski definition) is 3. The summed E-state index contributed by atoms with van der Waals surface area (Å²) in [6.45, 7) is 3.66. The van der Waals surface area contributed by atoms with E-state index in [4.69, 9.17) is 4.74 Å². The lowest BCUT2D eigenvalue weighted by molar-refractivity contribution is 0.185. The van der Waals surface area contributed by atoms with Crippen molar-refractivity contribution in [3.63, 3.8) is 0 Å². The molecule has 2 aromatic rings. The molecule has 90 valence electrons. The summed E-state index contributed by atoms with van der Waals surface area (Å²) in [6, 6.07) is 10.3. The standard InChI is InChI=1S/C14H18N2O/c1-3-8-15-14-12(10-17-2)9-11-6-4-5-7-13(11)16-14/h4-7,9H,3,8,10H2,1-2H3,(H,15,16). The molecule has 0 spiro atoms. The molecule has 0 fully saturated rings. The first-order chi connectivity index (χ1) is 8.35. The van der Waals surface area contributed by atoms with Crippen molar-refractivity contribution >= 4 is 16.7 Å². The number of aromatic nitrogens is 1. The Morgan fingerprint density at radius 2 is 2.12 bits per heavy atom. The third kappa shape index (κ3) is 2.74. The third-order valence-electron chi connectivity index (χ3n) is 2.65. The van der Waals surface area contributed by atoms with Gasteiger partial charge in [-0.15, -0.1) is 0 Å². The van der Waals surface area contributed by atoms with E-state index in [-0.39, 0.29) is 0 Å². The van der Waals surface area contributed by atoms with Crippen molar-refractivity contribution in [2.75, 3.05) is 19.0 Å². The van der Waals surface area contributed by atoms with E-state index in [2.05, 4.69) is 29.4 Å². The molecular formula is C14H18N2O. The molecule has 17 heavy (non-hydrogen) atoms. The number of rotatable bonds is 5. The lowest BCUT2D eigenvalue weighted by atomic mass is 10.1. The van der Waals surface area contributed by atoms with Gasteiger partial charge in [0.15, 0.2) is 0 Å². The second-order valence-electron chi connectivity index (χ2n) is 4.05. The van der Waals surface area contributed by atoms with Gasteiger partial charge < -0.3 is 10.1 Å². The van der Waals surface area contributed by atoms with Gasteiger partial charge in [-0.25, -0.2) is 4.98 Å². The highest BCUT2D eigenvalue weighted by atomic mass is 16.5. The van der Waals surface area contributed by atoms with Crippen LogP contribution in [0, 0.1) is 0 Å². The number of pyridine rings is 1. The molecule has 0 aliphatic carbocycles. The van der Waals surface area contributed by atoms with Crippen LogP contribution in [0.5, 0.6) is 0 Å². The fraction of sp³-hybridized carbons (Fsp3) is 0.357. The first kappa shape index (κ1) is 11.9. The Labute approximate surface area is 102 Å². The predicted molar refractivity (Wildman–Crippen MR) is 71.2 cm³/mol. The summed E-state index contributed by atoms with van der Waals surface area (Å²) in [6.07, 6.45) is 1.08. The van der Waals surface area contributed by atoms with Crippen LogP contribution < -0.4 is 5.32 Å². The second-order valence-corrected chi connectivity index (χ2v) is 4.05. The first-order valence-electron chi connectivity index (χ1n) is 5.96. The molecule has 3 heteroatoms. The van der Waals surface area contributed by atoms with Gasteiger partial charge in [-0.3, -0.25) is 0 Å². The van der Waals surface area contributed by atoms with Gasteiger partial charge in [0.2, 0.25) is 0 Å². The van der Waals surface area contributed by atoms with Crippen LogP contribution in [-0.4, -0.2) is 18.6 Å². The molecule has 2 rings (SSSR count). The van der Waals surface area contributed by atoms with Gasteiger partial charge in [0, 0.05) is 24.6 Å². The average molecular weight is 230 g/mol. The number of benzene rings is 1. The van der Waals surface area contributed by atoms with Crippen LogP contribution in [0.2, 0.25) is 0 Å². The minimum atomic E-state index is 0.587. The van der Waals surface area contributed by atoms with E-state index in [0.717, 1.165) is 35.2 Å². The average Bonchev–Trinajstić information content (AvgIpc) is 2.36. The highest BCUT2D eigenvalue weighted by Gasteiger charge is 2.05. The molecule has 0 saturated carbocycles. The maximum Gasteiger partial charge on any atom is 0.132 e. The molecule has 0 amide bonds. The summed E-state index contributed by atoms with van der Waals surface area (Å²) in [4.78, 5) is 4.64. The van der Waals surface area contributed by atoms with Crippen LogP contribution in [0.4, 0.5) is 5.82 Å². The zero-order valence-corrected chi connectivity index (χ0v) is 10.4. The van der Waals surface area contributed by atoms with Crippen molar-refractivity contribution in [2.45, 2.75) is 20.0 Å². The van der Waals surface area contributed by atoms with Gasteiger partial charge >= 0.3 is 0 Å². The van der Waals surface area contributed by atoms with Crippen LogP contribution >= 0.6 is 0 Å². The minimum Gasteiger partial charge on any atom is -0.380 e. The molecule has 0 saturated heterocycles. The molecule has 0 aliphatic heterocycles. The zero-order valence-electron chi connectivity index (χ0n) is 10.4. The molecule has 1 heterocycles. The normalized spacial score (nSPS) is 10.7. The minimum absolute atomic E-state index is 0.587. The summed E-state index contributed by atoms with van der Waals surface area (Å²) in [7, 11) is 1.71. The van der Waals surface area contributed by atoms with Crippen molar-refractivity contribution in [1.29, 1.82) is 0 Å². The van der Waals surface area contributed by atoms with Gasteiger partial charge in [0.1, 0.15) is 5.82 Å². The fourth-order valence-electron chi connectivity index (χ4n) is 1.82. The number of para-hydroxylation sites is 1. The van der Waals surface area contributed by atoms with Crippen LogP contribution in [0.3, 0.4) is 0 Å². The number of ether oxygens (including phenoxy) is 1. The summed E-state index contributed by atoms with van der Waals surface area (Å²) in [5, 5.41) is 4.50. The Bertz CT molecular complexity index is 497. The SMILES string of the molecule is CCCNc1nc2ccccc2cc1COC. The Balaban J connectivity index is 2.42. The summed E-state index contributed by atoms with van der Waals surface area (Å²) >= 11 is 0. The number of nitrogens with zero attached hydrogens (tertiary/aromatic N) is 1. The molecule has 1 aromatic heterocycles. The molecule has 0 atom stereocenters. The largest absolute Gasteiger partial charge is 0.380 e. The second kappa shape index (κ2) is 5.64. The third-order valence-corrected chi connectivity index (χ3v) is 2.65. The van der Waals surface area contributed by atoms with Gasteiger partial charge in [0.25, 0.3) is 0 Å². The first-order valence-corrected chi connectivity index (χ1v) is 5.96. The Morgan fingerprint density at radius 1 is 1.29 bits per heavy atom. The van der Waals surface area contributed by atoms with Gasteiger partial charge in [-0.1, -0.05) is 25.1 Å².